The van der Waals surface area contributed by atoms with E-state index in [-0.39, 0.29) is 12.5 Å². The highest BCUT2D eigenvalue weighted by Crippen LogP contribution is 2.20. The van der Waals surface area contributed by atoms with Crippen molar-refractivity contribution in [2.75, 3.05) is 20.3 Å². The van der Waals surface area contributed by atoms with Crippen LogP contribution in [0.5, 0.6) is 0 Å². The zero-order valence-corrected chi connectivity index (χ0v) is 16.9. The van der Waals surface area contributed by atoms with Crippen molar-refractivity contribution in [2.45, 2.75) is 32.2 Å². The molecule has 3 rings (SSSR count). The summed E-state index contributed by atoms with van der Waals surface area (Å²) in [4.78, 5) is 16.2. The van der Waals surface area contributed by atoms with Crippen LogP contribution in [0.2, 0.25) is 5.02 Å². The fraction of sp³-hybridized carbons (Fsp3) is 0.364. The lowest BCUT2D eigenvalue weighted by molar-refractivity contribution is -0.124. The minimum absolute atomic E-state index is 0.0627. The summed E-state index contributed by atoms with van der Waals surface area (Å²) in [5, 5.41) is 3.60. The molecule has 148 valence electrons. The third kappa shape index (κ3) is 5.57. The second-order valence-electron chi connectivity index (χ2n) is 6.82. The van der Waals surface area contributed by atoms with Crippen LogP contribution in [0.4, 0.5) is 0 Å². The molecule has 1 heterocycles. The maximum absolute atomic E-state index is 11.4. The molecule has 1 N–H and O–H groups in total. The van der Waals surface area contributed by atoms with Crippen LogP contribution in [-0.4, -0.2) is 35.7 Å². The molecule has 0 saturated heterocycles. The van der Waals surface area contributed by atoms with E-state index >= 15 is 0 Å². The number of para-hydroxylation sites is 2. The molecular formula is C22H26ClN3O2. The zero-order valence-electron chi connectivity index (χ0n) is 16.2. The van der Waals surface area contributed by atoms with Crippen molar-refractivity contribution >= 4 is 28.5 Å². The number of hydrogen-bond acceptors (Lipinski definition) is 3. The number of amides is 1. The Morgan fingerprint density at radius 1 is 1.11 bits per heavy atom. The summed E-state index contributed by atoms with van der Waals surface area (Å²) in [7, 11) is 1.52. The first-order chi connectivity index (χ1) is 13.7. The number of rotatable bonds is 10. The summed E-state index contributed by atoms with van der Waals surface area (Å²) in [6.07, 6.45) is 3.93. The summed E-state index contributed by atoms with van der Waals surface area (Å²) in [5.41, 5.74) is 3.38. The van der Waals surface area contributed by atoms with Crippen molar-refractivity contribution in [1.29, 1.82) is 0 Å². The molecule has 1 aromatic heterocycles. The van der Waals surface area contributed by atoms with Crippen LogP contribution in [0.1, 0.15) is 30.7 Å². The number of aryl methyl sites for hydroxylation is 1. The second kappa shape index (κ2) is 10.2. The van der Waals surface area contributed by atoms with Crippen LogP contribution >= 0.6 is 11.6 Å². The molecule has 3 aromatic rings. The van der Waals surface area contributed by atoms with Gasteiger partial charge in [-0.25, -0.2) is 4.98 Å². The summed E-state index contributed by atoms with van der Waals surface area (Å²) in [6, 6.07) is 16.2. The van der Waals surface area contributed by atoms with Crippen molar-refractivity contribution in [3.8, 4) is 0 Å². The maximum Gasteiger partial charge on any atom is 0.245 e. The van der Waals surface area contributed by atoms with Crippen molar-refractivity contribution in [2.24, 2.45) is 0 Å². The number of nitrogens with one attached hydrogen (secondary N) is 1. The number of methoxy groups -OCH3 is 1. The first-order valence-electron chi connectivity index (χ1n) is 9.61. The Balaban J connectivity index is 1.61. The standard InChI is InChI=1S/C22H26ClN3O2/c1-28-16-22(27)24-14-6-2-3-9-21-25-19-7-4-5-8-20(19)26(21)15-17-10-12-18(23)13-11-17/h4-5,7-8,10-13H,2-3,6,9,14-16H2,1H3,(H,24,27). The molecule has 0 atom stereocenters. The Morgan fingerprint density at radius 3 is 2.68 bits per heavy atom. The molecule has 0 bridgehead atoms. The van der Waals surface area contributed by atoms with Crippen molar-refractivity contribution in [1.82, 2.24) is 14.9 Å². The van der Waals surface area contributed by atoms with Crippen LogP contribution < -0.4 is 5.32 Å². The molecule has 28 heavy (non-hydrogen) atoms. The van der Waals surface area contributed by atoms with Gasteiger partial charge in [0.05, 0.1) is 11.0 Å². The molecule has 0 aliphatic heterocycles. The van der Waals surface area contributed by atoms with Crippen molar-refractivity contribution in [3.63, 3.8) is 0 Å². The third-order valence-electron chi connectivity index (χ3n) is 4.66. The van der Waals surface area contributed by atoms with E-state index < -0.39 is 0 Å². The highest BCUT2D eigenvalue weighted by atomic mass is 35.5. The Hall–Kier alpha value is -2.37. The van der Waals surface area contributed by atoms with Crippen LogP contribution in [0.25, 0.3) is 11.0 Å². The molecule has 6 heteroatoms. The van der Waals surface area contributed by atoms with E-state index in [0.29, 0.717) is 6.54 Å². The molecule has 0 radical (unpaired) electrons. The van der Waals surface area contributed by atoms with E-state index in [0.717, 1.165) is 54.1 Å². The van der Waals surface area contributed by atoms with E-state index in [1.807, 2.05) is 18.2 Å². The fourth-order valence-corrected chi connectivity index (χ4v) is 3.39. The van der Waals surface area contributed by atoms with Crippen LogP contribution in [0, 0.1) is 0 Å². The van der Waals surface area contributed by atoms with E-state index in [9.17, 15) is 4.79 Å². The Labute approximate surface area is 170 Å². The van der Waals surface area contributed by atoms with Gasteiger partial charge in [-0.15, -0.1) is 0 Å². The number of carbonyl (C=O) groups excluding carboxylic acids is 1. The van der Waals surface area contributed by atoms with Gasteiger partial charge in [0.25, 0.3) is 0 Å². The van der Waals surface area contributed by atoms with Gasteiger partial charge >= 0.3 is 0 Å². The smallest absolute Gasteiger partial charge is 0.245 e. The van der Waals surface area contributed by atoms with Crippen LogP contribution in [-0.2, 0) is 22.5 Å². The summed E-state index contributed by atoms with van der Waals surface area (Å²) >= 11 is 6.01. The molecule has 0 aliphatic carbocycles. The predicted molar refractivity (Wildman–Crippen MR) is 113 cm³/mol. The van der Waals surface area contributed by atoms with Crippen molar-refractivity contribution in [3.05, 3.63) is 64.9 Å². The molecule has 0 unspecified atom stereocenters. The molecule has 5 nitrogen and oxygen atoms in total. The van der Waals surface area contributed by atoms with E-state index in [1.54, 1.807) is 0 Å². The number of fused-ring (bicyclic) bond motifs is 1. The number of ether oxygens (including phenoxy) is 1. The molecule has 1 amide bonds. The predicted octanol–water partition coefficient (Wildman–Crippen LogP) is 4.21. The largest absolute Gasteiger partial charge is 0.375 e. The number of aromatic nitrogens is 2. The van der Waals surface area contributed by atoms with Gasteiger partial charge in [-0.2, -0.15) is 0 Å². The monoisotopic (exact) mass is 399 g/mol. The molecule has 0 fully saturated rings. The molecule has 0 spiro atoms. The first-order valence-corrected chi connectivity index (χ1v) is 9.99. The number of carbonyl (C=O) groups is 1. The van der Waals surface area contributed by atoms with Gasteiger partial charge in [-0.1, -0.05) is 42.3 Å². The van der Waals surface area contributed by atoms with E-state index in [2.05, 4.69) is 40.2 Å². The zero-order chi connectivity index (χ0) is 19.8. The first kappa shape index (κ1) is 20.4. The van der Waals surface area contributed by atoms with Gasteiger partial charge in [0.15, 0.2) is 0 Å². The third-order valence-corrected chi connectivity index (χ3v) is 4.91. The van der Waals surface area contributed by atoms with Gasteiger partial charge in [-0.05, 0) is 42.7 Å². The Morgan fingerprint density at radius 2 is 1.89 bits per heavy atom. The summed E-state index contributed by atoms with van der Waals surface area (Å²) in [5.74, 6) is 1.03. The highest BCUT2D eigenvalue weighted by molar-refractivity contribution is 6.30. The van der Waals surface area contributed by atoms with Gasteiger partial charge in [0.1, 0.15) is 12.4 Å². The van der Waals surface area contributed by atoms with Gasteiger partial charge < -0.3 is 14.6 Å². The molecular weight excluding hydrogens is 374 g/mol. The number of halogens is 1. The van der Waals surface area contributed by atoms with E-state index in [4.69, 9.17) is 21.3 Å². The normalized spacial score (nSPS) is 11.1. The molecule has 0 aliphatic rings. The summed E-state index contributed by atoms with van der Waals surface area (Å²) < 4.78 is 7.10. The lowest BCUT2D eigenvalue weighted by atomic mass is 10.1. The fourth-order valence-electron chi connectivity index (χ4n) is 3.26. The number of imidazole rings is 1. The minimum Gasteiger partial charge on any atom is -0.375 e. The molecule has 0 saturated carbocycles. The SMILES string of the molecule is COCC(=O)NCCCCCc1nc2ccccc2n1Cc1ccc(Cl)cc1. The van der Waals surface area contributed by atoms with E-state index in [1.165, 1.54) is 12.7 Å². The highest BCUT2D eigenvalue weighted by Gasteiger charge is 2.11. The van der Waals surface area contributed by atoms with Gasteiger partial charge in [0, 0.05) is 31.6 Å². The quantitative estimate of drug-likeness (QED) is 0.519. The van der Waals surface area contributed by atoms with Crippen molar-refractivity contribution < 1.29 is 9.53 Å². The second-order valence-corrected chi connectivity index (χ2v) is 7.26. The topological polar surface area (TPSA) is 56.1 Å². The average molecular weight is 400 g/mol. The molecule has 2 aromatic carbocycles. The average Bonchev–Trinajstić information content (AvgIpc) is 3.04. The lowest BCUT2D eigenvalue weighted by Crippen LogP contribution is -2.27. The summed E-state index contributed by atoms with van der Waals surface area (Å²) in [6.45, 7) is 1.58. The maximum atomic E-state index is 11.4. The number of nitrogens with zero attached hydrogens (tertiary/aromatic N) is 2. The van der Waals surface area contributed by atoms with Crippen LogP contribution in [0.3, 0.4) is 0 Å². The Bertz CT molecular complexity index is 906. The lowest BCUT2D eigenvalue weighted by Gasteiger charge is -2.10. The van der Waals surface area contributed by atoms with Gasteiger partial charge in [-0.3, -0.25) is 4.79 Å². The van der Waals surface area contributed by atoms with Crippen LogP contribution in [0.15, 0.2) is 48.5 Å². The number of benzene rings is 2. The number of hydrogen-bond donors (Lipinski definition) is 1. The van der Waals surface area contributed by atoms with Gasteiger partial charge in [0.2, 0.25) is 5.91 Å². The number of unbranched alkanes of at least 4 members (excludes halogenated alkanes) is 2. The Kier molecular flexibility index (Phi) is 7.46. The minimum atomic E-state index is -0.0627.